The van der Waals surface area contributed by atoms with E-state index in [2.05, 4.69) is 20.7 Å². The number of hydrogen-bond acceptors (Lipinski definition) is 4. The standard InChI is InChI=1S/C19H24BrNO4S/c1-15(2)25-14-24-13-18(11-16-7-4-3-5-8-16)21-26(22,23)19-10-6-9-17(20)12-19/h3-10,12,15,18,21H,11,13-14H2,1-2H3. The minimum Gasteiger partial charge on any atom is -0.354 e. The summed E-state index contributed by atoms with van der Waals surface area (Å²) in [5.41, 5.74) is 1.03. The molecule has 26 heavy (non-hydrogen) atoms. The number of benzene rings is 2. The van der Waals surface area contributed by atoms with Gasteiger partial charge >= 0.3 is 0 Å². The lowest BCUT2D eigenvalue weighted by molar-refractivity contribution is -0.0821. The van der Waals surface area contributed by atoms with E-state index in [1.807, 2.05) is 44.2 Å². The highest BCUT2D eigenvalue weighted by atomic mass is 79.9. The summed E-state index contributed by atoms with van der Waals surface area (Å²) in [4.78, 5) is 0.211. The molecule has 0 saturated carbocycles. The van der Waals surface area contributed by atoms with Gasteiger partial charge < -0.3 is 9.47 Å². The van der Waals surface area contributed by atoms with Gasteiger partial charge in [0.2, 0.25) is 10.0 Å². The number of rotatable bonds is 10. The molecule has 0 bridgehead atoms. The van der Waals surface area contributed by atoms with Crippen LogP contribution < -0.4 is 4.72 Å². The summed E-state index contributed by atoms with van der Waals surface area (Å²) < 4.78 is 39.8. The maximum atomic E-state index is 12.7. The Balaban J connectivity index is 2.09. The molecule has 1 atom stereocenters. The Kier molecular flexibility index (Phi) is 8.24. The van der Waals surface area contributed by atoms with Crippen molar-refractivity contribution in [2.24, 2.45) is 0 Å². The van der Waals surface area contributed by atoms with Crippen LogP contribution in [-0.2, 0) is 25.9 Å². The van der Waals surface area contributed by atoms with Crippen molar-refractivity contribution in [3.8, 4) is 0 Å². The summed E-state index contributed by atoms with van der Waals surface area (Å²) in [6.45, 7) is 4.18. The van der Waals surface area contributed by atoms with E-state index in [0.29, 0.717) is 10.9 Å². The molecule has 1 unspecified atom stereocenters. The summed E-state index contributed by atoms with van der Waals surface area (Å²) in [7, 11) is -3.66. The van der Waals surface area contributed by atoms with E-state index in [1.54, 1.807) is 24.3 Å². The van der Waals surface area contributed by atoms with Crippen LogP contribution in [0.3, 0.4) is 0 Å². The third-order valence-corrected chi connectivity index (χ3v) is 5.57. The van der Waals surface area contributed by atoms with E-state index in [-0.39, 0.29) is 24.4 Å². The fourth-order valence-corrected chi connectivity index (χ4v) is 4.15. The van der Waals surface area contributed by atoms with E-state index < -0.39 is 16.1 Å². The monoisotopic (exact) mass is 441 g/mol. The van der Waals surface area contributed by atoms with Gasteiger partial charge in [0, 0.05) is 10.5 Å². The molecule has 2 aromatic carbocycles. The molecule has 0 radical (unpaired) electrons. The maximum Gasteiger partial charge on any atom is 0.240 e. The number of hydrogen-bond donors (Lipinski definition) is 1. The second-order valence-corrected chi connectivity index (χ2v) is 8.80. The van der Waals surface area contributed by atoms with Crippen molar-refractivity contribution in [2.75, 3.05) is 13.4 Å². The van der Waals surface area contributed by atoms with Crippen molar-refractivity contribution in [1.29, 1.82) is 0 Å². The minimum atomic E-state index is -3.66. The molecule has 0 spiro atoms. The van der Waals surface area contributed by atoms with Crippen LogP contribution in [0.5, 0.6) is 0 Å². The molecular formula is C19H24BrNO4S. The highest BCUT2D eigenvalue weighted by molar-refractivity contribution is 9.10. The summed E-state index contributed by atoms with van der Waals surface area (Å²) in [6, 6.07) is 15.9. The molecule has 0 aliphatic carbocycles. The van der Waals surface area contributed by atoms with Gasteiger partial charge in [-0.1, -0.05) is 52.3 Å². The molecule has 2 rings (SSSR count). The molecule has 0 aliphatic rings. The normalized spacial score (nSPS) is 13.1. The largest absolute Gasteiger partial charge is 0.354 e. The van der Waals surface area contributed by atoms with Gasteiger partial charge in [0.1, 0.15) is 6.79 Å². The van der Waals surface area contributed by atoms with Crippen molar-refractivity contribution in [2.45, 2.75) is 37.3 Å². The molecule has 0 aliphatic heterocycles. The second-order valence-electron chi connectivity index (χ2n) is 6.17. The number of sulfonamides is 1. The van der Waals surface area contributed by atoms with Crippen LogP contribution in [0, 0.1) is 0 Å². The third kappa shape index (κ3) is 7.17. The lowest BCUT2D eigenvalue weighted by Crippen LogP contribution is -2.40. The van der Waals surface area contributed by atoms with Gasteiger partial charge in [-0.05, 0) is 44.0 Å². The fourth-order valence-electron chi connectivity index (χ4n) is 2.33. The maximum absolute atomic E-state index is 12.7. The Labute approximate surface area is 163 Å². The molecule has 0 saturated heterocycles. The molecule has 0 fully saturated rings. The third-order valence-electron chi connectivity index (χ3n) is 3.56. The van der Waals surface area contributed by atoms with Gasteiger partial charge in [0.15, 0.2) is 0 Å². The highest BCUT2D eigenvalue weighted by Crippen LogP contribution is 2.17. The predicted octanol–water partition coefficient (Wildman–Crippen LogP) is 3.74. The van der Waals surface area contributed by atoms with E-state index in [9.17, 15) is 8.42 Å². The van der Waals surface area contributed by atoms with Gasteiger partial charge in [-0.2, -0.15) is 0 Å². The van der Waals surface area contributed by atoms with Crippen LogP contribution in [0.4, 0.5) is 0 Å². The van der Waals surface area contributed by atoms with Crippen LogP contribution in [0.2, 0.25) is 0 Å². The van der Waals surface area contributed by atoms with E-state index >= 15 is 0 Å². The topological polar surface area (TPSA) is 64.6 Å². The van der Waals surface area contributed by atoms with Crippen molar-refractivity contribution in [3.63, 3.8) is 0 Å². The lowest BCUT2D eigenvalue weighted by Gasteiger charge is -2.20. The Morgan fingerprint density at radius 2 is 1.81 bits per heavy atom. The molecule has 1 N–H and O–H groups in total. The van der Waals surface area contributed by atoms with Crippen LogP contribution >= 0.6 is 15.9 Å². The summed E-state index contributed by atoms with van der Waals surface area (Å²) in [5, 5.41) is 0. The average molecular weight is 442 g/mol. The first kappa shape index (κ1) is 21.1. The Hall–Kier alpha value is -1.25. The average Bonchev–Trinajstić information content (AvgIpc) is 2.59. The van der Waals surface area contributed by atoms with Gasteiger partial charge in [-0.25, -0.2) is 13.1 Å². The van der Waals surface area contributed by atoms with Gasteiger partial charge in [0.25, 0.3) is 0 Å². The summed E-state index contributed by atoms with van der Waals surface area (Å²) in [5.74, 6) is 0. The molecule has 2 aromatic rings. The Morgan fingerprint density at radius 1 is 1.08 bits per heavy atom. The van der Waals surface area contributed by atoms with Crippen molar-refractivity contribution >= 4 is 26.0 Å². The Bertz CT molecular complexity index is 781. The lowest BCUT2D eigenvalue weighted by atomic mass is 10.1. The molecule has 0 heterocycles. The number of ether oxygens (including phenoxy) is 2. The summed E-state index contributed by atoms with van der Waals surface area (Å²) >= 11 is 3.31. The van der Waals surface area contributed by atoms with Gasteiger partial charge in [0.05, 0.1) is 17.6 Å². The molecule has 7 heteroatoms. The minimum absolute atomic E-state index is 0.0564. The predicted molar refractivity (Wildman–Crippen MR) is 105 cm³/mol. The molecule has 142 valence electrons. The first-order valence-corrected chi connectivity index (χ1v) is 10.7. The highest BCUT2D eigenvalue weighted by Gasteiger charge is 2.21. The smallest absolute Gasteiger partial charge is 0.240 e. The van der Waals surface area contributed by atoms with Crippen LogP contribution in [0.1, 0.15) is 19.4 Å². The molecule has 0 aromatic heterocycles. The van der Waals surface area contributed by atoms with Crippen LogP contribution in [-0.4, -0.2) is 34.0 Å². The molecule has 0 amide bonds. The number of nitrogens with one attached hydrogen (secondary N) is 1. The van der Waals surface area contributed by atoms with Crippen LogP contribution in [0.25, 0.3) is 0 Å². The van der Waals surface area contributed by atoms with E-state index in [0.717, 1.165) is 5.56 Å². The van der Waals surface area contributed by atoms with Gasteiger partial charge in [-0.15, -0.1) is 0 Å². The van der Waals surface area contributed by atoms with Gasteiger partial charge in [-0.3, -0.25) is 0 Å². The zero-order chi connectivity index (χ0) is 19.0. The van der Waals surface area contributed by atoms with E-state index in [4.69, 9.17) is 9.47 Å². The second kappa shape index (κ2) is 10.2. The van der Waals surface area contributed by atoms with E-state index in [1.165, 1.54) is 0 Å². The Morgan fingerprint density at radius 3 is 2.46 bits per heavy atom. The fraction of sp³-hybridized carbons (Fsp3) is 0.368. The number of halogens is 1. The van der Waals surface area contributed by atoms with Crippen LogP contribution in [0.15, 0.2) is 64.0 Å². The zero-order valence-corrected chi connectivity index (χ0v) is 17.3. The molecule has 5 nitrogen and oxygen atoms in total. The molecular weight excluding hydrogens is 418 g/mol. The van der Waals surface area contributed by atoms with Crippen molar-refractivity contribution in [3.05, 3.63) is 64.6 Å². The van der Waals surface area contributed by atoms with Crippen molar-refractivity contribution < 1.29 is 17.9 Å². The SMILES string of the molecule is CC(C)OCOCC(Cc1ccccc1)NS(=O)(=O)c1cccc(Br)c1. The summed E-state index contributed by atoms with van der Waals surface area (Å²) in [6.07, 6.45) is 0.580. The zero-order valence-electron chi connectivity index (χ0n) is 14.9. The van der Waals surface area contributed by atoms with Crippen molar-refractivity contribution in [1.82, 2.24) is 4.72 Å². The quantitative estimate of drug-likeness (QED) is 0.450. The first-order valence-electron chi connectivity index (χ1n) is 8.38. The first-order chi connectivity index (χ1) is 12.4.